The highest BCUT2D eigenvalue weighted by Crippen LogP contribution is 2.37. The van der Waals surface area contributed by atoms with Gasteiger partial charge in [0.2, 0.25) is 11.9 Å². The van der Waals surface area contributed by atoms with Crippen LogP contribution in [0.4, 0.5) is 5.95 Å². The summed E-state index contributed by atoms with van der Waals surface area (Å²) >= 11 is 0. The molecule has 2 atom stereocenters. The van der Waals surface area contributed by atoms with Crippen molar-refractivity contribution in [1.29, 1.82) is 0 Å². The Labute approximate surface area is 154 Å². The number of fused-ring (bicyclic) bond motifs is 5. The van der Waals surface area contributed by atoms with E-state index < -0.39 is 0 Å². The fraction of sp³-hybridized carbons (Fsp3) is 0.500. The molecule has 1 aliphatic carbocycles. The number of benzene rings is 1. The van der Waals surface area contributed by atoms with Crippen LogP contribution in [0.3, 0.4) is 0 Å². The molecule has 0 saturated heterocycles. The highest BCUT2D eigenvalue weighted by molar-refractivity contribution is 5.98. The second-order valence-corrected chi connectivity index (χ2v) is 7.78. The van der Waals surface area contributed by atoms with E-state index in [1.165, 1.54) is 11.9 Å². The highest BCUT2D eigenvalue weighted by atomic mass is 15.5. The first-order chi connectivity index (χ1) is 12.7. The van der Waals surface area contributed by atoms with Crippen LogP contribution in [0.25, 0.3) is 11.0 Å². The van der Waals surface area contributed by atoms with E-state index in [-0.39, 0.29) is 6.17 Å². The molecule has 6 nitrogen and oxygen atoms in total. The fourth-order valence-electron chi connectivity index (χ4n) is 4.27. The third kappa shape index (κ3) is 2.43. The van der Waals surface area contributed by atoms with Crippen LogP contribution in [0, 0.1) is 5.92 Å². The number of para-hydroxylation sites is 2. The molecule has 1 aromatic carbocycles. The van der Waals surface area contributed by atoms with E-state index in [0.717, 1.165) is 43.6 Å². The SMILES string of the molecule is CC(C)N1CN=C2N[C@H]([C@@H]3CC=CCC3)n3c(nc4ccccc43)N2C1. The number of anilines is 1. The average molecular weight is 350 g/mol. The van der Waals surface area contributed by atoms with Gasteiger partial charge in [0.05, 0.1) is 24.4 Å². The number of allylic oxidation sites excluding steroid dienone is 2. The van der Waals surface area contributed by atoms with Gasteiger partial charge in [-0.1, -0.05) is 24.3 Å². The monoisotopic (exact) mass is 350 g/mol. The number of rotatable bonds is 2. The Morgan fingerprint density at radius 3 is 2.88 bits per heavy atom. The number of guanidine groups is 1. The summed E-state index contributed by atoms with van der Waals surface area (Å²) in [5, 5.41) is 3.76. The van der Waals surface area contributed by atoms with Gasteiger partial charge in [-0.3, -0.25) is 14.4 Å². The molecule has 1 aromatic heterocycles. The molecule has 5 rings (SSSR count). The number of aromatic nitrogens is 2. The van der Waals surface area contributed by atoms with Crippen molar-refractivity contribution < 1.29 is 0 Å². The molecule has 0 fully saturated rings. The van der Waals surface area contributed by atoms with E-state index in [9.17, 15) is 0 Å². The van der Waals surface area contributed by atoms with E-state index in [0.29, 0.717) is 12.0 Å². The van der Waals surface area contributed by atoms with E-state index >= 15 is 0 Å². The molecule has 0 spiro atoms. The minimum atomic E-state index is 0.211. The zero-order valence-electron chi connectivity index (χ0n) is 15.5. The van der Waals surface area contributed by atoms with Gasteiger partial charge in [-0.15, -0.1) is 0 Å². The van der Waals surface area contributed by atoms with Crippen LogP contribution in [0.2, 0.25) is 0 Å². The van der Waals surface area contributed by atoms with Crippen molar-refractivity contribution in [1.82, 2.24) is 19.8 Å². The number of aliphatic imine (C=N–C) groups is 1. The molecule has 6 heteroatoms. The maximum absolute atomic E-state index is 5.00. The van der Waals surface area contributed by atoms with Crippen LogP contribution >= 0.6 is 0 Å². The van der Waals surface area contributed by atoms with Crippen molar-refractivity contribution >= 4 is 22.9 Å². The zero-order valence-corrected chi connectivity index (χ0v) is 15.5. The maximum atomic E-state index is 5.00. The molecule has 0 bridgehead atoms. The molecule has 0 saturated carbocycles. The van der Waals surface area contributed by atoms with E-state index in [1.54, 1.807) is 0 Å². The average Bonchev–Trinajstić information content (AvgIpc) is 3.07. The van der Waals surface area contributed by atoms with Gasteiger partial charge in [-0.05, 0) is 45.2 Å². The number of nitrogens with zero attached hydrogens (tertiary/aromatic N) is 5. The molecule has 2 aliphatic heterocycles. The minimum Gasteiger partial charge on any atom is -0.335 e. The Morgan fingerprint density at radius 2 is 2.08 bits per heavy atom. The van der Waals surface area contributed by atoms with Gasteiger partial charge < -0.3 is 5.32 Å². The van der Waals surface area contributed by atoms with Crippen LogP contribution in [-0.2, 0) is 0 Å². The first kappa shape index (κ1) is 15.9. The minimum absolute atomic E-state index is 0.211. The van der Waals surface area contributed by atoms with Crippen LogP contribution in [0.1, 0.15) is 39.3 Å². The van der Waals surface area contributed by atoms with Gasteiger partial charge in [-0.2, -0.15) is 0 Å². The summed E-state index contributed by atoms with van der Waals surface area (Å²) in [5.74, 6) is 2.56. The smallest absolute Gasteiger partial charge is 0.216 e. The largest absolute Gasteiger partial charge is 0.335 e. The standard InChI is InChI=1S/C20H26N6/c1-14(2)24-12-21-19-23-18(15-8-4-3-5-9-15)26-17-11-7-6-10-16(17)22-20(26)25(19)13-24/h3-4,6-7,10-11,14-15,18H,5,8-9,12-13H2,1-2H3,(H,21,23)/t15-,18+/m1/s1. The van der Waals surface area contributed by atoms with Gasteiger partial charge >= 0.3 is 0 Å². The van der Waals surface area contributed by atoms with Gasteiger partial charge in [0.25, 0.3) is 0 Å². The quantitative estimate of drug-likeness (QED) is 0.845. The first-order valence-corrected chi connectivity index (χ1v) is 9.67. The van der Waals surface area contributed by atoms with Gasteiger partial charge in [0, 0.05) is 12.0 Å². The second-order valence-electron chi connectivity index (χ2n) is 7.78. The van der Waals surface area contributed by atoms with Crippen LogP contribution in [0.5, 0.6) is 0 Å². The van der Waals surface area contributed by atoms with Gasteiger partial charge in [0.1, 0.15) is 6.17 Å². The van der Waals surface area contributed by atoms with Crippen molar-refractivity contribution in [3.63, 3.8) is 0 Å². The van der Waals surface area contributed by atoms with Crippen molar-refractivity contribution in [3.05, 3.63) is 36.4 Å². The summed E-state index contributed by atoms with van der Waals surface area (Å²) in [4.78, 5) is 14.4. The Morgan fingerprint density at radius 1 is 1.19 bits per heavy atom. The van der Waals surface area contributed by atoms with Gasteiger partial charge in [-0.25, -0.2) is 9.98 Å². The van der Waals surface area contributed by atoms with E-state index in [1.807, 2.05) is 0 Å². The summed E-state index contributed by atoms with van der Waals surface area (Å²) in [5.41, 5.74) is 2.26. The maximum Gasteiger partial charge on any atom is 0.216 e. The predicted molar refractivity (Wildman–Crippen MR) is 105 cm³/mol. The number of hydrogen-bond acceptors (Lipinski definition) is 5. The van der Waals surface area contributed by atoms with E-state index in [4.69, 9.17) is 9.98 Å². The lowest BCUT2D eigenvalue weighted by Crippen LogP contribution is -2.59. The topological polar surface area (TPSA) is 48.7 Å². The zero-order chi connectivity index (χ0) is 17.7. The Bertz CT molecular complexity index is 880. The molecular weight excluding hydrogens is 324 g/mol. The molecule has 136 valence electrons. The van der Waals surface area contributed by atoms with Crippen LogP contribution in [0.15, 0.2) is 41.4 Å². The van der Waals surface area contributed by atoms with Crippen molar-refractivity contribution in [2.45, 2.75) is 45.3 Å². The molecule has 0 radical (unpaired) electrons. The third-order valence-electron chi connectivity index (χ3n) is 5.84. The van der Waals surface area contributed by atoms with Gasteiger partial charge in [0.15, 0.2) is 0 Å². The molecule has 3 heterocycles. The Kier molecular flexibility index (Phi) is 3.74. The first-order valence-electron chi connectivity index (χ1n) is 9.67. The summed E-state index contributed by atoms with van der Waals surface area (Å²) in [6.45, 7) is 6.01. The highest BCUT2D eigenvalue weighted by Gasteiger charge is 2.38. The Balaban J connectivity index is 1.64. The summed E-state index contributed by atoms with van der Waals surface area (Å²) in [6, 6.07) is 8.93. The van der Waals surface area contributed by atoms with Crippen molar-refractivity contribution in [3.8, 4) is 0 Å². The summed E-state index contributed by atoms with van der Waals surface area (Å²) < 4.78 is 2.40. The molecule has 0 amide bonds. The molecule has 0 unspecified atom stereocenters. The molecule has 3 aliphatic rings. The molecule has 2 aromatic rings. The lowest BCUT2D eigenvalue weighted by molar-refractivity contribution is 0.212. The fourth-order valence-corrected chi connectivity index (χ4v) is 4.27. The molecule has 26 heavy (non-hydrogen) atoms. The lowest BCUT2D eigenvalue weighted by Gasteiger charge is -2.44. The summed E-state index contributed by atoms with van der Waals surface area (Å²) in [7, 11) is 0. The van der Waals surface area contributed by atoms with E-state index in [2.05, 4.69) is 69.9 Å². The number of imidazole rings is 1. The normalized spacial score (nSPS) is 25.8. The predicted octanol–water partition coefficient (Wildman–Crippen LogP) is 3.30. The molecular formula is C20H26N6. The second kappa shape index (κ2) is 6.13. The number of nitrogens with one attached hydrogen (secondary N) is 1. The Hall–Kier alpha value is -2.34. The third-order valence-corrected chi connectivity index (χ3v) is 5.84. The molecule has 1 N–H and O–H groups in total. The van der Waals surface area contributed by atoms with Crippen molar-refractivity contribution in [2.24, 2.45) is 10.9 Å². The van der Waals surface area contributed by atoms with Crippen molar-refractivity contribution in [2.75, 3.05) is 18.2 Å². The lowest BCUT2D eigenvalue weighted by atomic mass is 9.91. The summed E-state index contributed by atoms with van der Waals surface area (Å²) in [6.07, 6.45) is 8.30. The van der Waals surface area contributed by atoms with Crippen LogP contribution in [-0.4, -0.2) is 39.8 Å². The van der Waals surface area contributed by atoms with Crippen LogP contribution < -0.4 is 10.2 Å². The number of hydrogen-bond donors (Lipinski definition) is 1.